The van der Waals surface area contributed by atoms with Crippen LogP contribution < -0.4 is 15.5 Å². The quantitative estimate of drug-likeness (QED) is 0.275. The van der Waals surface area contributed by atoms with E-state index in [0.29, 0.717) is 5.75 Å². The molecular formula is C25H23N3O2. The molecular weight excluding hydrogens is 374 g/mol. The van der Waals surface area contributed by atoms with Gasteiger partial charge in [-0.1, -0.05) is 60.7 Å². The Kier molecular flexibility index (Phi) is 5.61. The number of fused-ring (bicyclic) bond motifs is 2. The fourth-order valence-electron chi connectivity index (χ4n) is 3.51. The van der Waals surface area contributed by atoms with Gasteiger partial charge in [-0.3, -0.25) is 4.79 Å². The van der Waals surface area contributed by atoms with E-state index in [0.717, 1.165) is 32.8 Å². The number of rotatable bonds is 6. The first-order chi connectivity index (χ1) is 14.7. The van der Waals surface area contributed by atoms with Crippen LogP contribution >= 0.6 is 0 Å². The summed E-state index contributed by atoms with van der Waals surface area (Å²) in [4.78, 5) is 12.5. The van der Waals surface area contributed by atoms with Crippen LogP contribution in [0.15, 0.2) is 84.0 Å². The normalized spacial score (nSPS) is 12.2. The summed E-state index contributed by atoms with van der Waals surface area (Å²) in [5.41, 5.74) is 4.38. The Morgan fingerprint density at radius 2 is 1.53 bits per heavy atom. The molecule has 0 radical (unpaired) electrons. The van der Waals surface area contributed by atoms with Crippen LogP contribution in [-0.2, 0) is 4.79 Å². The molecule has 0 aliphatic carbocycles. The molecule has 4 aromatic carbocycles. The third-order valence-electron chi connectivity index (χ3n) is 5.05. The summed E-state index contributed by atoms with van der Waals surface area (Å²) in [6.45, 7) is 1.78. The van der Waals surface area contributed by atoms with Gasteiger partial charge in [-0.05, 0) is 46.7 Å². The van der Waals surface area contributed by atoms with E-state index in [1.165, 1.54) is 0 Å². The maximum absolute atomic E-state index is 12.5. The van der Waals surface area contributed by atoms with Crippen molar-refractivity contribution in [3.63, 3.8) is 0 Å². The van der Waals surface area contributed by atoms with E-state index in [2.05, 4.69) is 46.2 Å². The van der Waals surface area contributed by atoms with Crippen LogP contribution in [0.3, 0.4) is 0 Å². The number of carbonyl (C=O) groups excluding carboxylic acids is 1. The summed E-state index contributed by atoms with van der Waals surface area (Å²) < 4.78 is 5.32. The lowest BCUT2D eigenvalue weighted by molar-refractivity contribution is -0.121. The zero-order valence-corrected chi connectivity index (χ0v) is 16.9. The number of anilines is 1. The fourth-order valence-corrected chi connectivity index (χ4v) is 3.51. The molecule has 4 aromatic rings. The molecule has 0 unspecified atom stereocenters. The summed E-state index contributed by atoms with van der Waals surface area (Å²) in [7, 11) is 1.60. The number of para-hydroxylation sites is 2. The lowest BCUT2D eigenvalue weighted by atomic mass is 9.97. The lowest BCUT2D eigenvalue weighted by Crippen LogP contribution is -2.35. The summed E-state index contributed by atoms with van der Waals surface area (Å²) in [6, 6.07) is 25.5. The van der Waals surface area contributed by atoms with Crippen molar-refractivity contribution in [2.75, 3.05) is 12.4 Å². The predicted octanol–water partition coefficient (Wildman–Crippen LogP) is 4.95. The number of benzene rings is 4. The Hall–Kier alpha value is -3.86. The molecule has 30 heavy (non-hydrogen) atoms. The minimum absolute atomic E-state index is 0.235. The van der Waals surface area contributed by atoms with Gasteiger partial charge in [0.25, 0.3) is 5.91 Å². The Morgan fingerprint density at radius 3 is 2.20 bits per heavy atom. The third-order valence-corrected chi connectivity index (χ3v) is 5.05. The second-order valence-corrected chi connectivity index (χ2v) is 7.03. The van der Waals surface area contributed by atoms with Gasteiger partial charge in [-0.25, -0.2) is 5.43 Å². The molecule has 0 spiro atoms. The van der Waals surface area contributed by atoms with Crippen molar-refractivity contribution in [2.45, 2.75) is 13.0 Å². The molecule has 1 amide bonds. The molecule has 0 aliphatic heterocycles. The van der Waals surface area contributed by atoms with Gasteiger partial charge in [0.15, 0.2) is 0 Å². The minimum atomic E-state index is -0.484. The topological polar surface area (TPSA) is 62.7 Å². The molecule has 0 aromatic heterocycles. The van der Waals surface area contributed by atoms with E-state index in [9.17, 15) is 4.79 Å². The van der Waals surface area contributed by atoms with E-state index < -0.39 is 6.04 Å². The fraction of sp³-hybridized carbons (Fsp3) is 0.120. The van der Waals surface area contributed by atoms with Gasteiger partial charge in [0, 0.05) is 5.56 Å². The highest BCUT2D eigenvalue weighted by Crippen LogP contribution is 2.27. The van der Waals surface area contributed by atoms with Crippen molar-refractivity contribution in [2.24, 2.45) is 5.10 Å². The standard InChI is InChI=1S/C25H23N3O2/c1-17(27-23-13-7-8-14-24(23)30-2)25(29)28-26-16-22-20-11-5-3-9-18(20)15-19-10-4-6-12-21(19)22/h3-17,27H,1-2H3,(H,28,29)/b26-16-/t17-/m1/s1. The van der Waals surface area contributed by atoms with Crippen LogP contribution in [0.4, 0.5) is 5.69 Å². The molecule has 2 N–H and O–H groups in total. The molecule has 0 fully saturated rings. The highest BCUT2D eigenvalue weighted by molar-refractivity contribution is 6.13. The maximum Gasteiger partial charge on any atom is 0.262 e. The van der Waals surface area contributed by atoms with Gasteiger partial charge >= 0.3 is 0 Å². The Bertz CT molecular complexity index is 1180. The summed E-state index contributed by atoms with van der Waals surface area (Å²) in [5, 5.41) is 11.9. The average molecular weight is 397 g/mol. The molecule has 0 aliphatic rings. The Labute approximate surface area is 175 Å². The molecule has 0 heterocycles. The van der Waals surface area contributed by atoms with Gasteiger partial charge in [0.1, 0.15) is 11.8 Å². The number of ether oxygens (including phenoxy) is 1. The van der Waals surface area contributed by atoms with E-state index in [4.69, 9.17) is 4.74 Å². The molecule has 0 saturated carbocycles. The van der Waals surface area contributed by atoms with Gasteiger partial charge in [-0.15, -0.1) is 0 Å². The van der Waals surface area contributed by atoms with Crippen molar-refractivity contribution in [3.05, 3.63) is 84.4 Å². The van der Waals surface area contributed by atoms with Gasteiger partial charge in [0.2, 0.25) is 0 Å². The van der Waals surface area contributed by atoms with E-state index in [1.807, 2.05) is 48.5 Å². The Morgan fingerprint density at radius 1 is 0.933 bits per heavy atom. The molecule has 4 rings (SSSR count). The van der Waals surface area contributed by atoms with Gasteiger partial charge in [-0.2, -0.15) is 5.10 Å². The predicted molar refractivity (Wildman–Crippen MR) is 123 cm³/mol. The number of carbonyl (C=O) groups is 1. The largest absolute Gasteiger partial charge is 0.495 e. The van der Waals surface area contributed by atoms with Crippen LogP contribution in [0.5, 0.6) is 5.75 Å². The third kappa shape index (κ3) is 3.96. The number of methoxy groups -OCH3 is 1. The lowest BCUT2D eigenvalue weighted by Gasteiger charge is -2.16. The second kappa shape index (κ2) is 8.66. The summed E-state index contributed by atoms with van der Waals surface area (Å²) in [6.07, 6.45) is 1.72. The Balaban J connectivity index is 1.55. The van der Waals surface area contributed by atoms with Gasteiger partial charge in [0.05, 0.1) is 19.0 Å². The van der Waals surface area contributed by atoms with E-state index >= 15 is 0 Å². The maximum atomic E-state index is 12.5. The summed E-state index contributed by atoms with van der Waals surface area (Å²) in [5.74, 6) is 0.449. The minimum Gasteiger partial charge on any atom is -0.495 e. The van der Waals surface area contributed by atoms with Crippen LogP contribution in [0, 0.1) is 0 Å². The first-order valence-electron chi connectivity index (χ1n) is 9.80. The number of hydrogen-bond donors (Lipinski definition) is 2. The van der Waals surface area contributed by atoms with E-state index in [-0.39, 0.29) is 5.91 Å². The zero-order valence-electron chi connectivity index (χ0n) is 16.9. The van der Waals surface area contributed by atoms with Crippen molar-refractivity contribution in [1.82, 2.24) is 5.43 Å². The monoisotopic (exact) mass is 397 g/mol. The highest BCUT2D eigenvalue weighted by Gasteiger charge is 2.14. The number of amides is 1. The van der Waals surface area contributed by atoms with Crippen molar-refractivity contribution >= 4 is 39.4 Å². The van der Waals surface area contributed by atoms with Crippen molar-refractivity contribution in [1.29, 1.82) is 0 Å². The first-order valence-corrected chi connectivity index (χ1v) is 9.80. The van der Waals surface area contributed by atoms with Crippen LogP contribution in [0.1, 0.15) is 12.5 Å². The van der Waals surface area contributed by atoms with Crippen LogP contribution in [-0.4, -0.2) is 25.3 Å². The molecule has 5 heteroatoms. The summed E-state index contributed by atoms with van der Waals surface area (Å²) >= 11 is 0. The van der Waals surface area contributed by atoms with E-state index in [1.54, 1.807) is 20.2 Å². The molecule has 5 nitrogen and oxygen atoms in total. The number of hydrazone groups is 1. The van der Waals surface area contributed by atoms with Crippen molar-refractivity contribution < 1.29 is 9.53 Å². The molecule has 1 atom stereocenters. The number of nitrogens with zero attached hydrogens (tertiary/aromatic N) is 1. The number of nitrogens with one attached hydrogen (secondary N) is 2. The van der Waals surface area contributed by atoms with Crippen LogP contribution in [0.2, 0.25) is 0 Å². The highest BCUT2D eigenvalue weighted by atomic mass is 16.5. The smallest absolute Gasteiger partial charge is 0.262 e. The molecule has 0 saturated heterocycles. The molecule has 150 valence electrons. The molecule has 0 bridgehead atoms. The van der Waals surface area contributed by atoms with Crippen LogP contribution in [0.25, 0.3) is 21.5 Å². The van der Waals surface area contributed by atoms with Crippen molar-refractivity contribution in [3.8, 4) is 5.75 Å². The number of hydrogen-bond acceptors (Lipinski definition) is 4. The zero-order chi connectivity index (χ0) is 20.9. The SMILES string of the molecule is COc1ccccc1N[C@H](C)C(=O)N/N=C\c1c2ccccc2cc2ccccc12. The first kappa shape index (κ1) is 19.5. The van der Waals surface area contributed by atoms with Gasteiger partial charge < -0.3 is 10.1 Å². The average Bonchev–Trinajstić information content (AvgIpc) is 2.78. The second-order valence-electron chi connectivity index (χ2n) is 7.03.